The van der Waals surface area contributed by atoms with Crippen LogP contribution in [0.25, 0.3) is 87.7 Å². The van der Waals surface area contributed by atoms with Crippen molar-refractivity contribution < 1.29 is 8.83 Å². The van der Waals surface area contributed by atoms with Gasteiger partial charge < -0.3 is 18.6 Å². The smallest absolute Gasteiger partial charge is 0.145 e. The quantitative estimate of drug-likeness (QED) is 0.166. The Morgan fingerprint density at radius 2 is 0.795 bits per heavy atom. The number of rotatable bonds is 6. The van der Waals surface area contributed by atoms with Crippen LogP contribution in [-0.2, 0) is 5.41 Å². The molecule has 2 aliphatic rings. The SMILES string of the molecule is c1ccc(N(c2ccccc2)c2cc3c(c4cc5c(cc24)oc2ccccc25)-c2cc4c(cc2C32c3ccccc3-c3ccccc32)cc(N(c2ccccc2)c2ccccc2)c2c3ccccc3oc42)cc1. The van der Waals surface area contributed by atoms with Gasteiger partial charge in [0.2, 0.25) is 0 Å². The van der Waals surface area contributed by atoms with Crippen LogP contribution in [0.1, 0.15) is 22.3 Å². The summed E-state index contributed by atoms with van der Waals surface area (Å²) < 4.78 is 14.0. The number of furan rings is 2. The highest BCUT2D eigenvalue weighted by atomic mass is 16.3. The van der Waals surface area contributed by atoms with Crippen molar-refractivity contribution in [1.29, 1.82) is 0 Å². The molecule has 0 N–H and O–H groups in total. The molecule has 12 aromatic carbocycles. The molecule has 4 heteroatoms. The molecular weight excluding hydrogens is 889 g/mol. The van der Waals surface area contributed by atoms with Gasteiger partial charge in [0.1, 0.15) is 22.3 Å². The zero-order valence-corrected chi connectivity index (χ0v) is 39.5. The lowest BCUT2D eigenvalue weighted by Crippen LogP contribution is -2.26. The minimum absolute atomic E-state index is 0.691. The average Bonchev–Trinajstić information content (AvgIpc) is 4.30. The number of anilines is 6. The molecule has 0 aliphatic heterocycles. The lowest BCUT2D eigenvalue weighted by molar-refractivity contribution is 0.669. The number of nitrogens with zero attached hydrogens (tertiary/aromatic N) is 2. The molecule has 16 rings (SSSR count). The van der Waals surface area contributed by atoms with E-state index in [0.717, 1.165) is 94.2 Å². The van der Waals surface area contributed by atoms with E-state index in [2.05, 4.69) is 265 Å². The Hall–Kier alpha value is -9.64. The molecule has 0 unspecified atom stereocenters. The molecule has 1 spiro atoms. The minimum atomic E-state index is -0.691. The van der Waals surface area contributed by atoms with Gasteiger partial charge in [0, 0.05) is 49.7 Å². The van der Waals surface area contributed by atoms with Crippen molar-refractivity contribution in [2.24, 2.45) is 0 Å². The largest absolute Gasteiger partial charge is 0.456 e. The Morgan fingerprint density at radius 1 is 0.288 bits per heavy atom. The zero-order valence-electron chi connectivity index (χ0n) is 39.5. The summed E-state index contributed by atoms with van der Waals surface area (Å²) in [5, 5.41) is 8.79. The summed E-state index contributed by atoms with van der Waals surface area (Å²) in [6.45, 7) is 0. The van der Waals surface area contributed by atoms with Crippen LogP contribution >= 0.6 is 0 Å². The fraction of sp³-hybridized carbons (Fsp3) is 0.0145. The first-order valence-corrected chi connectivity index (χ1v) is 25.1. The molecule has 0 saturated carbocycles. The molecule has 2 aliphatic carbocycles. The van der Waals surface area contributed by atoms with Crippen LogP contribution in [0.4, 0.5) is 34.1 Å². The van der Waals surface area contributed by atoms with E-state index in [4.69, 9.17) is 8.83 Å². The molecule has 0 amide bonds. The monoisotopic (exact) mass is 930 g/mol. The number of para-hydroxylation sites is 6. The summed E-state index contributed by atoms with van der Waals surface area (Å²) in [5.74, 6) is 0. The number of hydrogen-bond acceptors (Lipinski definition) is 4. The molecule has 0 fully saturated rings. The number of fused-ring (bicyclic) bond motifs is 20. The van der Waals surface area contributed by atoms with Crippen LogP contribution in [0.2, 0.25) is 0 Å². The molecule has 0 bridgehead atoms. The van der Waals surface area contributed by atoms with Crippen molar-refractivity contribution in [2.75, 3.05) is 9.80 Å². The first-order valence-electron chi connectivity index (χ1n) is 25.1. The number of benzene rings is 12. The lowest BCUT2D eigenvalue weighted by atomic mass is 9.70. The average molecular weight is 931 g/mol. The molecule has 340 valence electrons. The number of hydrogen-bond donors (Lipinski definition) is 0. The van der Waals surface area contributed by atoms with Crippen LogP contribution in [0.5, 0.6) is 0 Å². The summed E-state index contributed by atoms with van der Waals surface area (Å²) in [5.41, 5.74) is 19.2. The van der Waals surface area contributed by atoms with Crippen molar-refractivity contribution in [1.82, 2.24) is 0 Å². The summed E-state index contributed by atoms with van der Waals surface area (Å²) in [7, 11) is 0. The van der Waals surface area contributed by atoms with Crippen LogP contribution in [0.3, 0.4) is 0 Å². The minimum Gasteiger partial charge on any atom is -0.456 e. The second-order valence-corrected chi connectivity index (χ2v) is 19.5. The molecule has 0 radical (unpaired) electrons. The normalized spacial score (nSPS) is 13.0. The Labute approximate surface area is 420 Å². The molecule has 73 heavy (non-hydrogen) atoms. The highest BCUT2D eigenvalue weighted by molar-refractivity contribution is 6.24. The zero-order chi connectivity index (χ0) is 47.8. The van der Waals surface area contributed by atoms with E-state index in [1.165, 1.54) is 49.9 Å². The Kier molecular flexibility index (Phi) is 8.35. The van der Waals surface area contributed by atoms with E-state index >= 15 is 0 Å². The van der Waals surface area contributed by atoms with Crippen molar-refractivity contribution in [2.45, 2.75) is 5.41 Å². The van der Waals surface area contributed by atoms with Gasteiger partial charge in [0.05, 0.1) is 22.2 Å². The first kappa shape index (κ1) is 40.1. The maximum absolute atomic E-state index is 7.19. The van der Waals surface area contributed by atoms with E-state index in [9.17, 15) is 0 Å². The molecule has 0 saturated heterocycles. The highest BCUT2D eigenvalue weighted by Gasteiger charge is 2.53. The Balaban J connectivity index is 1.10. The van der Waals surface area contributed by atoms with Crippen LogP contribution in [0.15, 0.2) is 264 Å². The fourth-order valence-corrected chi connectivity index (χ4v) is 12.9. The molecule has 0 atom stereocenters. The summed E-state index contributed by atoms with van der Waals surface area (Å²) >= 11 is 0. The third-order valence-corrected chi connectivity index (χ3v) is 15.8. The van der Waals surface area contributed by atoms with E-state index < -0.39 is 5.41 Å². The lowest BCUT2D eigenvalue weighted by Gasteiger charge is -2.33. The van der Waals surface area contributed by atoms with E-state index in [-0.39, 0.29) is 0 Å². The molecule has 2 aromatic heterocycles. The van der Waals surface area contributed by atoms with Crippen molar-refractivity contribution >= 4 is 99.5 Å². The summed E-state index contributed by atoms with van der Waals surface area (Å²) in [4.78, 5) is 4.83. The van der Waals surface area contributed by atoms with Gasteiger partial charge in [0.15, 0.2) is 0 Å². The predicted molar refractivity (Wildman–Crippen MR) is 302 cm³/mol. The van der Waals surface area contributed by atoms with Gasteiger partial charge in [-0.1, -0.05) is 158 Å². The van der Waals surface area contributed by atoms with Gasteiger partial charge in [0.25, 0.3) is 0 Å². The predicted octanol–water partition coefficient (Wildman–Crippen LogP) is 19.1. The van der Waals surface area contributed by atoms with Crippen LogP contribution in [-0.4, -0.2) is 0 Å². The van der Waals surface area contributed by atoms with Gasteiger partial charge in [-0.25, -0.2) is 0 Å². The first-order chi connectivity index (χ1) is 36.2. The summed E-state index contributed by atoms with van der Waals surface area (Å²) in [6.07, 6.45) is 0. The van der Waals surface area contributed by atoms with E-state index in [1.807, 2.05) is 0 Å². The van der Waals surface area contributed by atoms with Crippen LogP contribution in [0, 0.1) is 0 Å². The standard InChI is InChI=1S/C69H42N2O2/c1-5-21-44(22-6-1)70(45-23-7-2-8-24-45)61-42-60-66(55-40-54-50-31-15-19-35-63(50)72-65(54)41-53(55)61)56-39-52-43(37-59(56)69(60)57-33-17-13-29-48(57)49-30-14-18-34-58(49)69)38-62(67-51-32-16-20-36-64(51)73-68(52)67)71(46-25-9-3-10-26-46)47-27-11-4-12-28-47/h1-42H. The third kappa shape index (κ3) is 5.55. The van der Waals surface area contributed by atoms with Gasteiger partial charge in [-0.05, 0) is 152 Å². The van der Waals surface area contributed by atoms with Gasteiger partial charge in [-0.3, -0.25) is 0 Å². The molecular formula is C69H42N2O2. The second-order valence-electron chi connectivity index (χ2n) is 19.5. The highest BCUT2D eigenvalue weighted by Crippen LogP contribution is 2.66. The molecule has 14 aromatic rings. The topological polar surface area (TPSA) is 32.8 Å². The summed E-state index contributed by atoms with van der Waals surface area (Å²) in [6, 6.07) is 92.8. The Morgan fingerprint density at radius 3 is 1.40 bits per heavy atom. The molecule has 2 heterocycles. The fourth-order valence-electron chi connectivity index (χ4n) is 12.9. The van der Waals surface area contributed by atoms with E-state index in [1.54, 1.807) is 0 Å². The van der Waals surface area contributed by atoms with Gasteiger partial charge >= 0.3 is 0 Å². The van der Waals surface area contributed by atoms with Crippen molar-refractivity contribution in [3.05, 3.63) is 277 Å². The Bertz CT molecular complexity index is 4430. The second kappa shape index (κ2) is 15.2. The maximum atomic E-state index is 7.19. The molecule has 4 nitrogen and oxygen atoms in total. The van der Waals surface area contributed by atoms with Crippen LogP contribution < -0.4 is 9.80 Å². The third-order valence-electron chi connectivity index (χ3n) is 15.8. The maximum Gasteiger partial charge on any atom is 0.145 e. The van der Waals surface area contributed by atoms with E-state index in [0.29, 0.717) is 0 Å². The van der Waals surface area contributed by atoms with Gasteiger partial charge in [-0.15, -0.1) is 0 Å². The van der Waals surface area contributed by atoms with Crippen molar-refractivity contribution in [3.63, 3.8) is 0 Å². The van der Waals surface area contributed by atoms with Crippen molar-refractivity contribution in [3.8, 4) is 22.3 Å². The van der Waals surface area contributed by atoms with Gasteiger partial charge in [-0.2, -0.15) is 0 Å².